The fourth-order valence-electron chi connectivity index (χ4n) is 1.17. The topological polar surface area (TPSA) is 107 Å². The summed E-state index contributed by atoms with van der Waals surface area (Å²) in [5.41, 5.74) is 2.28. The molecule has 0 amide bonds. The number of alkyl halides is 2. The van der Waals surface area contributed by atoms with Crippen LogP contribution < -0.4 is 21.3 Å². The molecule has 0 radical (unpaired) electrons. The number of hydrogen-bond donors (Lipinski definition) is 3. The number of hydrazine groups is 1. The summed E-state index contributed by atoms with van der Waals surface area (Å²) in [4.78, 5) is 11.8. The Morgan fingerprint density at radius 1 is 1.20 bits per heavy atom. The summed E-state index contributed by atoms with van der Waals surface area (Å²) in [7, 11) is 0. The Morgan fingerprint density at radius 3 is 2.50 bits per heavy atom. The van der Waals surface area contributed by atoms with E-state index in [0.29, 0.717) is 0 Å². The van der Waals surface area contributed by atoms with E-state index in [1.807, 2.05) is 13.8 Å². The standard InChI is InChI=1S/C10H18F2N6O2/c1-6(2)20-10-16-8(15-9(17-10)18-13)14-3-4-19-5-7(11)12/h6-7H,3-5,13H2,1-2H3,(H2,14,15,16,17,18). The number of rotatable bonds is 9. The van der Waals surface area contributed by atoms with E-state index in [1.54, 1.807) is 0 Å². The Kier molecular flexibility index (Phi) is 6.81. The average Bonchev–Trinajstić information content (AvgIpc) is 2.36. The zero-order chi connectivity index (χ0) is 15.0. The highest BCUT2D eigenvalue weighted by atomic mass is 19.3. The van der Waals surface area contributed by atoms with Crippen molar-refractivity contribution in [1.29, 1.82) is 0 Å². The number of nitrogens with one attached hydrogen (secondary N) is 2. The molecule has 20 heavy (non-hydrogen) atoms. The molecule has 0 bridgehead atoms. The lowest BCUT2D eigenvalue weighted by molar-refractivity contribution is 0.0214. The number of anilines is 2. The van der Waals surface area contributed by atoms with Crippen LogP contribution in [0.15, 0.2) is 0 Å². The average molecular weight is 292 g/mol. The molecule has 0 spiro atoms. The number of nitrogens with zero attached hydrogens (tertiary/aromatic N) is 3. The molecular weight excluding hydrogens is 274 g/mol. The van der Waals surface area contributed by atoms with Crippen molar-refractivity contribution in [3.8, 4) is 6.01 Å². The number of nitrogen functional groups attached to an aromatic ring is 1. The minimum atomic E-state index is -2.48. The zero-order valence-corrected chi connectivity index (χ0v) is 11.3. The molecule has 0 saturated heterocycles. The number of nitrogens with two attached hydrogens (primary N) is 1. The Hall–Kier alpha value is -1.81. The molecule has 0 aromatic carbocycles. The molecule has 114 valence electrons. The van der Waals surface area contributed by atoms with Crippen LogP contribution >= 0.6 is 0 Å². The van der Waals surface area contributed by atoms with Gasteiger partial charge in [-0.2, -0.15) is 15.0 Å². The Morgan fingerprint density at radius 2 is 1.90 bits per heavy atom. The van der Waals surface area contributed by atoms with E-state index in [9.17, 15) is 8.78 Å². The van der Waals surface area contributed by atoms with Crippen LogP contribution in [0.4, 0.5) is 20.7 Å². The van der Waals surface area contributed by atoms with Gasteiger partial charge in [0.1, 0.15) is 6.61 Å². The lowest BCUT2D eigenvalue weighted by Gasteiger charge is -2.11. The van der Waals surface area contributed by atoms with Gasteiger partial charge in [0.25, 0.3) is 6.43 Å². The van der Waals surface area contributed by atoms with E-state index < -0.39 is 13.0 Å². The van der Waals surface area contributed by atoms with Crippen LogP contribution in [0.2, 0.25) is 0 Å². The fourth-order valence-corrected chi connectivity index (χ4v) is 1.17. The molecule has 0 fully saturated rings. The predicted octanol–water partition coefficient (Wildman–Crippen LogP) is 0.638. The lowest BCUT2D eigenvalue weighted by Crippen LogP contribution is -2.18. The monoisotopic (exact) mass is 292 g/mol. The van der Waals surface area contributed by atoms with Gasteiger partial charge in [-0.1, -0.05) is 0 Å². The van der Waals surface area contributed by atoms with Crippen molar-refractivity contribution in [3.63, 3.8) is 0 Å². The summed E-state index contributed by atoms with van der Waals surface area (Å²) < 4.78 is 33.7. The molecule has 0 unspecified atom stereocenters. The summed E-state index contributed by atoms with van der Waals surface area (Å²) in [6.45, 7) is 3.41. The van der Waals surface area contributed by atoms with Crippen LogP contribution in [-0.2, 0) is 4.74 Å². The normalized spacial score (nSPS) is 10.9. The molecule has 0 aliphatic carbocycles. The molecular formula is C10H18F2N6O2. The summed E-state index contributed by atoms with van der Waals surface area (Å²) in [6.07, 6.45) is -2.59. The van der Waals surface area contributed by atoms with E-state index in [0.717, 1.165) is 0 Å². The molecule has 4 N–H and O–H groups in total. The van der Waals surface area contributed by atoms with Crippen LogP contribution in [0, 0.1) is 0 Å². The second kappa shape index (κ2) is 8.38. The van der Waals surface area contributed by atoms with Crippen molar-refractivity contribution in [1.82, 2.24) is 15.0 Å². The fraction of sp³-hybridized carbons (Fsp3) is 0.700. The van der Waals surface area contributed by atoms with Crippen molar-refractivity contribution in [2.45, 2.75) is 26.4 Å². The first-order valence-electron chi connectivity index (χ1n) is 6.00. The summed E-state index contributed by atoms with van der Waals surface area (Å²) in [5.74, 6) is 5.58. The molecule has 1 aromatic rings. The summed E-state index contributed by atoms with van der Waals surface area (Å²) in [5, 5.41) is 2.80. The number of hydrogen-bond acceptors (Lipinski definition) is 8. The van der Waals surface area contributed by atoms with Crippen LogP contribution in [0.1, 0.15) is 13.8 Å². The number of aromatic nitrogens is 3. The van der Waals surface area contributed by atoms with Gasteiger partial charge in [0.2, 0.25) is 11.9 Å². The molecule has 1 rings (SSSR count). The van der Waals surface area contributed by atoms with Crippen molar-refractivity contribution in [2.75, 3.05) is 30.5 Å². The van der Waals surface area contributed by atoms with Gasteiger partial charge < -0.3 is 14.8 Å². The molecule has 0 aliphatic heterocycles. The van der Waals surface area contributed by atoms with Gasteiger partial charge in [-0.25, -0.2) is 14.6 Å². The zero-order valence-electron chi connectivity index (χ0n) is 11.3. The first-order valence-corrected chi connectivity index (χ1v) is 6.00. The first-order chi connectivity index (χ1) is 9.51. The Balaban J connectivity index is 2.51. The van der Waals surface area contributed by atoms with Gasteiger partial charge in [-0.3, -0.25) is 5.43 Å². The lowest BCUT2D eigenvalue weighted by atomic mass is 10.5. The molecule has 1 heterocycles. The third-order valence-corrected chi connectivity index (χ3v) is 1.86. The maximum atomic E-state index is 11.8. The molecule has 10 heteroatoms. The largest absolute Gasteiger partial charge is 0.461 e. The number of ether oxygens (including phenoxy) is 2. The second-order valence-electron chi connectivity index (χ2n) is 3.97. The van der Waals surface area contributed by atoms with E-state index in [2.05, 4.69) is 25.7 Å². The van der Waals surface area contributed by atoms with E-state index in [-0.39, 0.29) is 37.2 Å². The van der Waals surface area contributed by atoms with Crippen LogP contribution in [0.5, 0.6) is 6.01 Å². The maximum Gasteiger partial charge on any atom is 0.323 e. The van der Waals surface area contributed by atoms with Crippen molar-refractivity contribution >= 4 is 11.9 Å². The van der Waals surface area contributed by atoms with Gasteiger partial charge in [-0.15, -0.1) is 0 Å². The van der Waals surface area contributed by atoms with Crippen LogP contribution in [0.3, 0.4) is 0 Å². The molecule has 0 saturated carbocycles. The molecule has 0 atom stereocenters. The highest BCUT2D eigenvalue weighted by Crippen LogP contribution is 2.11. The number of halogens is 2. The van der Waals surface area contributed by atoms with Gasteiger partial charge in [0.15, 0.2) is 0 Å². The van der Waals surface area contributed by atoms with Crippen molar-refractivity contribution in [2.24, 2.45) is 5.84 Å². The third kappa shape index (κ3) is 6.38. The Labute approximate surface area is 115 Å². The molecule has 8 nitrogen and oxygen atoms in total. The third-order valence-electron chi connectivity index (χ3n) is 1.86. The van der Waals surface area contributed by atoms with Gasteiger partial charge in [-0.05, 0) is 13.8 Å². The minimum Gasteiger partial charge on any atom is -0.461 e. The predicted molar refractivity (Wildman–Crippen MR) is 68.7 cm³/mol. The quantitative estimate of drug-likeness (QED) is 0.346. The van der Waals surface area contributed by atoms with E-state index in [4.69, 9.17) is 15.3 Å². The summed E-state index contributed by atoms with van der Waals surface area (Å²) >= 11 is 0. The van der Waals surface area contributed by atoms with Crippen molar-refractivity contribution < 1.29 is 18.3 Å². The SMILES string of the molecule is CC(C)Oc1nc(NN)nc(NCCOCC(F)F)n1. The van der Waals surface area contributed by atoms with E-state index >= 15 is 0 Å². The first kappa shape index (κ1) is 16.2. The van der Waals surface area contributed by atoms with Gasteiger partial charge >= 0.3 is 6.01 Å². The maximum absolute atomic E-state index is 11.8. The molecule has 0 aliphatic rings. The van der Waals surface area contributed by atoms with Gasteiger partial charge in [0, 0.05) is 6.54 Å². The Bertz CT molecular complexity index is 407. The minimum absolute atomic E-state index is 0.0990. The van der Waals surface area contributed by atoms with Gasteiger partial charge in [0.05, 0.1) is 12.7 Å². The smallest absolute Gasteiger partial charge is 0.323 e. The molecule has 1 aromatic heterocycles. The van der Waals surface area contributed by atoms with E-state index in [1.165, 1.54) is 0 Å². The van der Waals surface area contributed by atoms with Crippen LogP contribution in [0.25, 0.3) is 0 Å². The second-order valence-corrected chi connectivity index (χ2v) is 3.97. The summed E-state index contributed by atoms with van der Waals surface area (Å²) in [6, 6.07) is 0.110. The van der Waals surface area contributed by atoms with Crippen molar-refractivity contribution in [3.05, 3.63) is 0 Å². The highest BCUT2D eigenvalue weighted by molar-refractivity contribution is 5.34. The van der Waals surface area contributed by atoms with Crippen LogP contribution in [-0.4, -0.2) is 47.2 Å². The highest BCUT2D eigenvalue weighted by Gasteiger charge is 2.08.